The van der Waals surface area contributed by atoms with Gasteiger partial charge in [-0.2, -0.15) is 0 Å². The molecule has 0 spiro atoms. The Morgan fingerprint density at radius 3 is 2.64 bits per heavy atom. The fourth-order valence-electron chi connectivity index (χ4n) is 2.91. The number of nitrogens with two attached hydrogens (primary N) is 1. The van der Waals surface area contributed by atoms with E-state index in [4.69, 9.17) is 10.5 Å². The summed E-state index contributed by atoms with van der Waals surface area (Å²) in [5, 5.41) is 5.92. The zero-order valence-electron chi connectivity index (χ0n) is 13.7. The molecule has 1 rings (SSSR count). The summed E-state index contributed by atoms with van der Waals surface area (Å²) in [6.07, 6.45) is 8.73. The molecule has 128 valence electrons. The predicted molar refractivity (Wildman–Crippen MR) is 86.4 cm³/mol. The normalized spacial score (nSPS) is 17.0. The van der Waals surface area contributed by atoms with E-state index in [-0.39, 0.29) is 24.6 Å². The molecule has 6 heteroatoms. The minimum absolute atomic E-state index is 0.0171. The molecule has 2 amide bonds. The number of hydrogen-bond acceptors (Lipinski definition) is 4. The number of carbonyl (C=O) groups is 2. The first kappa shape index (κ1) is 18.7. The molecular weight excluding hydrogens is 282 g/mol. The van der Waals surface area contributed by atoms with Crippen molar-refractivity contribution in [2.24, 2.45) is 11.7 Å². The average molecular weight is 313 g/mol. The van der Waals surface area contributed by atoms with E-state index in [1.165, 1.54) is 32.1 Å². The van der Waals surface area contributed by atoms with Gasteiger partial charge in [0, 0.05) is 12.6 Å². The maximum absolute atomic E-state index is 11.8. The highest BCUT2D eigenvalue weighted by molar-refractivity contribution is 5.75. The maximum atomic E-state index is 11.8. The van der Waals surface area contributed by atoms with E-state index in [1.54, 1.807) is 0 Å². The van der Waals surface area contributed by atoms with Crippen molar-refractivity contribution >= 4 is 12.0 Å². The standard InChI is InChI=1S/C16H31N3O3/c1-2-3-9-22-16(21)19-14(11-18-12-15(17)20)10-13-7-5-4-6-8-13/h13-14,18H,2-12H2,1H3,(H2,17,20)(H,19,21)/t14-/m0/s1. The van der Waals surface area contributed by atoms with Crippen LogP contribution in [0.15, 0.2) is 0 Å². The zero-order valence-corrected chi connectivity index (χ0v) is 13.7. The molecule has 0 unspecified atom stereocenters. The van der Waals surface area contributed by atoms with Crippen molar-refractivity contribution in [2.75, 3.05) is 19.7 Å². The van der Waals surface area contributed by atoms with Gasteiger partial charge in [0.25, 0.3) is 0 Å². The highest BCUT2D eigenvalue weighted by Crippen LogP contribution is 2.27. The van der Waals surface area contributed by atoms with Crippen LogP contribution in [0.5, 0.6) is 0 Å². The van der Waals surface area contributed by atoms with E-state index in [0.29, 0.717) is 19.1 Å². The Hall–Kier alpha value is -1.30. The van der Waals surface area contributed by atoms with Crippen LogP contribution in [0.4, 0.5) is 4.79 Å². The van der Waals surface area contributed by atoms with Crippen molar-refractivity contribution in [3.8, 4) is 0 Å². The summed E-state index contributed by atoms with van der Waals surface area (Å²) in [4.78, 5) is 22.6. The van der Waals surface area contributed by atoms with Gasteiger partial charge < -0.3 is 21.1 Å². The molecule has 1 saturated carbocycles. The molecule has 0 heterocycles. The van der Waals surface area contributed by atoms with Crippen molar-refractivity contribution in [3.63, 3.8) is 0 Å². The lowest BCUT2D eigenvalue weighted by atomic mass is 9.85. The summed E-state index contributed by atoms with van der Waals surface area (Å²) in [6.45, 7) is 3.18. The van der Waals surface area contributed by atoms with Gasteiger partial charge in [-0.25, -0.2) is 4.79 Å². The predicted octanol–water partition coefficient (Wildman–Crippen LogP) is 1.93. The van der Waals surface area contributed by atoms with Crippen molar-refractivity contribution < 1.29 is 14.3 Å². The van der Waals surface area contributed by atoms with Crippen LogP contribution in [0, 0.1) is 5.92 Å². The minimum Gasteiger partial charge on any atom is -0.450 e. The second kappa shape index (κ2) is 11.3. The number of alkyl carbamates (subject to hydrolysis) is 1. The van der Waals surface area contributed by atoms with Gasteiger partial charge in [0.1, 0.15) is 0 Å². The molecule has 6 nitrogen and oxygen atoms in total. The number of nitrogens with one attached hydrogen (secondary N) is 2. The van der Waals surface area contributed by atoms with Gasteiger partial charge in [-0.1, -0.05) is 45.4 Å². The van der Waals surface area contributed by atoms with Crippen LogP contribution < -0.4 is 16.4 Å². The molecule has 4 N–H and O–H groups in total. The molecule has 0 aromatic rings. The van der Waals surface area contributed by atoms with Crippen molar-refractivity contribution in [1.82, 2.24) is 10.6 Å². The third-order valence-electron chi connectivity index (χ3n) is 4.09. The molecule has 0 saturated heterocycles. The molecule has 22 heavy (non-hydrogen) atoms. The van der Waals surface area contributed by atoms with E-state index in [2.05, 4.69) is 17.6 Å². The molecule has 0 aliphatic heterocycles. The number of unbranched alkanes of at least 4 members (excludes halogenated alkanes) is 1. The second-order valence-corrected chi connectivity index (χ2v) is 6.17. The summed E-state index contributed by atoms with van der Waals surface area (Å²) >= 11 is 0. The minimum atomic E-state index is -0.387. The van der Waals surface area contributed by atoms with E-state index < -0.39 is 0 Å². The third kappa shape index (κ3) is 8.87. The van der Waals surface area contributed by atoms with Gasteiger partial charge in [0.15, 0.2) is 0 Å². The topological polar surface area (TPSA) is 93.4 Å². The highest BCUT2D eigenvalue weighted by Gasteiger charge is 2.20. The number of amides is 2. The van der Waals surface area contributed by atoms with Crippen LogP contribution in [0.25, 0.3) is 0 Å². The summed E-state index contributed by atoms with van der Waals surface area (Å²) in [6, 6.07) is -0.0171. The van der Waals surface area contributed by atoms with Gasteiger partial charge in [-0.3, -0.25) is 4.79 Å². The molecule has 0 bridgehead atoms. The average Bonchev–Trinajstić information content (AvgIpc) is 2.48. The molecule has 0 radical (unpaired) electrons. The van der Waals surface area contributed by atoms with E-state index >= 15 is 0 Å². The van der Waals surface area contributed by atoms with E-state index in [9.17, 15) is 9.59 Å². The number of ether oxygens (including phenoxy) is 1. The van der Waals surface area contributed by atoms with Crippen molar-refractivity contribution in [1.29, 1.82) is 0 Å². The third-order valence-corrected chi connectivity index (χ3v) is 4.09. The summed E-state index contributed by atoms with van der Waals surface area (Å²) < 4.78 is 5.16. The molecule has 0 aromatic carbocycles. The van der Waals surface area contributed by atoms with Crippen LogP contribution in [0.1, 0.15) is 58.3 Å². The first-order chi connectivity index (χ1) is 10.6. The van der Waals surface area contributed by atoms with E-state index in [1.807, 2.05) is 0 Å². The van der Waals surface area contributed by atoms with Crippen molar-refractivity contribution in [3.05, 3.63) is 0 Å². The summed E-state index contributed by atoms with van der Waals surface area (Å²) in [7, 11) is 0. The monoisotopic (exact) mass is 313 g/mol. The number of rotatable bonds is 10. The number of hydrogen-bond donors (Lipinski definition) is 3. The summed E-state index contributed by atoms with van der Waals surface area (Å²) in [5.74, 6) is 0.256. The Morgan fingerprint density at radius 2 is 2.00 bits per heavy atom. The Morgan fingerprint density at radius 1 is 1.27 bits per heavy atom. The zero-order chi connectivity index (χ0) is 16.2. The molecule has 1 atom stereocenters. The van der Waals surface area contributed by atoms with Crippen LogP contribution in [0.2, 0.25) is 0 Å². The highest BCUT2D eigenvalue weighted by atomic mass is 16.5. The first-order valence-electron chi connectivity index (χ1n) is 8.54. The lowest BCUT2D eigenvalue weighted by Gasteiger charge is -2.27. The Labute approximate surface area is 133 Å². The van der Waals surface area contributed by atoms with Crippen LogP contribution in [-0.2, 0) is 9.53 Å². The van der Waals surface area contributed by atoms with Gasteiger partial charge in [0.05, 0.1) is 13.2 Å². The van der Waals surface area contributed by atoms with Gasteiger partial charge in [-0.15, -0.1) is 0 Å². The largest absolute Gasteiger partial charge is 0.450 e. The first-order valence-corrected chi connectivity index (χ1v) is 8.54. The lowest BCUT2D eigenvalue weighted by molar-refractivity contribution is -0.117. The van der Waals surface area contributed by atoms with Crippen LogP contribution in [0.3, 0.4) is 0 Å². The molecule has 1 aliphatic rings. The van der Waals surface area contributed by atoms with Gasteiger partial charge in [0.2, 0.25) is 5.91 Å². The van der Waals surface area contributed by atoms with E-state index in [0.717, 1.165) is 19.3 Å². The molecule has 0 aromatic heterocycles. The fraction of sp³-hybridized carbons (Fsp3) is 0.875. The Balaban J connectivity index is 2.37. The Bertz CT molecular complexity index is 331. The quantitative estimate of drug-likeness (QED) is 0.537. The van der Waals surface area contributed by atoms with Crippen LogP contribution in [-0.4, -0.2) is 37.7 Å². The summed E-state index contributed by atoms with van der Waals surface area (Å²) in [5.41, 5.74) is 5.13. The Kier molecular flexibility index (Phi) is 9.62. The lowest BCUT2D eigenvalue weighted by Crippen LogP contribution is -2.45. The SMILES string of the molecule is CCCCOC(=O)N[C@H](CNCC(N)=O)CC1CCCCC1. The number of carbonyl (C=O) groups excluding carboxylic acids is 2. The van der Waals surface area contributed by atoms with Gasteiger partial charge >= 0.3 is 6.09 Å². The fourth-order valence-corrected chi connectivity index (χ4v) is 2.91. The second-order valence-electron chi connectivity index (χ2n) is 6.17. The smallest absolute Gasteiger partial charge is 0.407 e. The van der Waals surface area contributed by atoms with Crippen LogP contribution >= 0.6 is 0 Å². The van der Waals surface area contributed by atoms with Gasteiger partial charge in [-0.05, 0) is 18.8 Å². The number of primary amides is 1. The molecule has 1 fully saturated rings. The molecular formula is C16H31N3O3. The van der Waals surface area contributed by atoms with Crippen molar-refractivity contribution in [2.45, 2.75) is 64.3 Å². The maximum Gasteiger partial charge on any atom is 0.407 e. The molecule has 1 aliphatic carbocycles.